The Hall–Kier alpha value is -1.57. The van der Waals surface area contributed by atoms with Crippen molar-refractivity contribution in [3.63, 3.8) is 0 Å². The highest BCUT2D eigenvalue weighted by atomic mass is 16.5. The van der Waals surface area contributed by atoms with Gasteiger partial charge in [0.15, 0.2) is 5.78 Å². The van der Waals surface area contributed by atoms with Gasteiger partial charge in [-0.25, -0.2) is 0 Å². The lowest BCUT2D eigenvalue weighted by atomic mass is 9.77. The molecule has 1 aromatic rings. The number of carbonyl (C=O) groups excluding carboxylic acids is 1. The number of allylic oxidation sites excluding steroid dienone is 1. The van der Waals surface area contributed by atoms with Crippen LogP contribution in [0.2, 0.25) is 0 Å². The minimum atomic E-state index is 0.185. The van der Waals surface area contributed by atoms with Crippen LogP contribution >= 0.6 is 0 Å². The fourth-order valence-corrected chi connectivity index (χ4v) is 4.35. The number of hydrogen-bond acceptors (Lipinski definition) is 2. The fraction of sp³-hybridized carbons (Fsp3) is 0.438. The van der Waals surface area contributed by atoms with Crippen LogP contribution in [0.4, 0.5) is 0 Å². The van der Waals surface area contributed by atoms with E-state index in [9.17, 15) is 4.79 Å². The fourth-order valence-electron chi connectivity index (χ4n) is 4.35. The van der Waals surface area contributed by atoms with E-state index in [4.69, 9.17) is 4.74 Å². The van der Waals surface area contributed by atoms with Crippen molar-refractivity contribution in [3.8, 4) is 0 Å². The predicted octanol–water partition coefficient (Wildman–Crippen LogP) is 3.15. The Bertz CT molecular complexity index is 585. The van der Waals surface area contributed by atoms with Crippen LogP contribution in [-0.4, -0.2) is 11.9 Å². The Kier molecular flexibility index (Phi) is 1.87. The summed E-state index contributed by atoms with van der Waals surface area (Å²) in [6, 6.07) is 8.66. The monoisotopic (exact) mass is 240 g/mol. The van der Waals surface area contributed by atoms with Crippen molar-refractivity contribution in [2.45, 2.75) is 38.2 Å². The molecule has 1 heterocycles. The van der Waals surface area contributed by atoms with Crippen molar-refractivity contribution in [1.29, 1.82) is 0 Å². The zero-order chi connectivity index (χ0) is 12.4. The summed E-state index contributed by atoms with van der Waals surface area (Å²) in [5, 5.41) is 0. The second-order valence-corrected chi connectivity index (χ2v) is 5.71. The summed E-state index contributed by atoms with van der Waals surface area (Å²) in [4.78, 5) is 11.8. The molecule has 1 aliphatic heterocycles. The number of benzene rings is 1. The molecule has 0 saturated heterocycles. The van der Waals surface area contributed by atoms with Crippen molar-refractivity contribution in [1.82, 2.24) is 0 Å². The van der Waals surface area contributed by atoms with E-state index in [-0.39, 0.29) is 11.9 Å². The summed E-state index contributed by atoms with van der Waals surface area (Å²) in [6.07, 6.45) is 1.36. The maximum Gasteiger partial charge on any atom is 0.159 e. The first-order chi connectivity index (χ1) is 8.68. The number of ketones is 1. The molecule has 0 spiro atoms. The van der Waals surface area contributed by atoms with E-state index in [2.05, 4.69) is 24.3 Å². The SMILES string of the molecule is CC(=O)C1=C(C)O[C@@H]2[C@H]1[C@@H]1C[C@H]2c2ccccc21. The van der Waals surface area contributed by atoms with Crippen LogP contribution in [-0.2, 0) is 9.53 Å². The Labute approximate surface area is 107 Å². The molecule has 4 rings (SSSR count). The molecule has 0 N–H and O–H groups in total. The molecule has 3 aliphatic rings. The predicted molar refractivity (Wildman–Crippen MR) is 68.3 cm³/mol. The first kappa shape index (κ1) is 10.4. The Morgan fingerprint density at radius 2 is 1.89 bits per heavy atom. The standard InChI is InChI=1S/C16H16O2/c1-8(17)14-9(2)18-16-13-7-12(15(14)16)10-5-3-4-6-11(10)13/h3-6,12-13,15-16H,7H2,1-2H3/t12-,13+,15+,16+/m1/s1. The lowest BCUT2D eigenvalue weighted by Crippen LogP contribution is -2.26. The van der Waals surface area contributed by atoms with Crippen molar-refractivity contribution >= 4 is 5.78 Å². The van der Waals surface area contributed by atoms with Gasteiger partial charge in [0.2, 0.25) is 0 Å². The zero-order valence-electron chi connectivity index (χ0n) is 10.6. The van der Waals surface area contributed by atoms with Gasteiger partial charge in [0.1, 0.15) is 11.9 Å². The first-order valence-corrected chi connectivity index (χ1v) is 6.65. The number of Topliss-reactive ketones (excluding diaryl/α,β-unsaturated/α-hetero) is 1. The van der Waals surface area contributed by atoms with Crippen molar-refractivity contribution in [3.05, 3.63) is 46.7 Å². The molecule has 0 aromatic heterocycles. The molecule has 4 atom stereocenters. The van der Waals surface area contributed by atoms with E-state index in [1.807, 2.05) is 6.92 Å². The van der Waals surface area contributed by atoms with E-state index in [0.29, 0.717) is 17.8 Å². The number of hydrogen-bond donors (Lipinski definition) is 0. The molecular formula is C16H16O2. The molecule has 18 heavy (non-hydrogen) atoms. The van der Waals surface area contributed by atoms with Gasteiger partial charge in [-0.15, -0.1) is 0 Å². The third kappa shape index (κ3) is 1.07. The van der Waals surface area contributed by atoms with Crippen LogP contribution in [0.1, 0.15) is 43.2 Å². The van der Waals surface area contributed by atoms with Crippen LogP contribution in [0.5, 0.6) is 0 Å². The van der Waals surface area contributed by atoms with E-state index in [1.54, 1.807) is 6.92 Å². The average Bonchev–Trinajstić information content (AvgIpc) is 2.95. The van der Waals surface area contributed by atoms with Gasteiger partial charge in [-0.2, -0.15) is 0 Å². The summed E-state index contributed by atoms with van der Waals surface area (Å²) in [7, 11) is 0. The van der Waals surface area contributed by atoms with Crippen LogP contribution < -0.4 is 0 Å². The molecule has 2 aliphatic carbocycles. The number of fused-ring (bicyclic) bond motifs is 8. The minimum absolute atomic E-state index is 0.185. The van der Waals surface area contributed by atoms with Gasteiger partial charge in [0.05, 0.1) is 0 Å². The van der Waals surface area contributed by atoms with Gasteiger partial charge >= 0.3 is 0 Å². The van der Waals surface area contributed by atoms with Crippen molar-refractivity contribution in [2.24, 2.45) is 5.92 Å². The lowest BCUT2D eigenvalue weighted by Gasteiger charge is -2.27. The number of ether oxygens (including phenoxy) is 1. The van der Waals surface area contributed by atoms with Crippen LogP contribution in [0.25, 0.3) is 0 Å². The number of carbonyl (C=O) groups is 1. The molecule has 2 bridgehead atoms. The summed E-state index contributed by atoms with van der Waals surface area (Å²) >= 11 is 0. The van der Waals surface area contributed by atoms with Gasteiger partial charge in [-0.3, -0.25) is 4.79 Å². The Balaban J connectivity index is 1.85. The van der Waals surface area contributed by atoms with Crippen LogP contribution in [0.15, 0.2) is 35.6 Å². The van der Waals surface area contributed by atoms with Gasteiger partial charge < -0.3 is 4.74 Å². The van der Waals surface area contributed by atoms with Crippen LogP contribution in [0, 0.1) is 5.92 Å². The molecule has 92 valence electrons. The Morgan fingerprint density at radius 1 is 1.22 bits per heavy atom. The zero-order valence-corrected chi connectivity index (χ0v) is 10.6. The topological polar surface area (TPSA) is 26.3 Å². The third-order valence-corrected chi connectivity index (χ3v) is 4.89. The van der Waals surface area contributed by atoms with Gasteiger partial charge in [-0.05, 0) is 37.3 Å². The molecule has 2 nitrogen and oxygen atoms in total. The summed E-state index contributed by atoms with van der Waals surface area (Å²) in [5.74, 6) is 2.34. The molecular weight excluding hydrogens is 224 g/mol. The third-order valence-electron chi connectivity index (χ3n) is 4.89. The smallest absolute Gasteiger partial charge is 0.159 e. The summed E-state index contributed by atoms with van der Waals surface area (Å²) in [5.41, 5.74) is 3.84. The van der Waals surface area contributed by atoms with Gasteiger partial charge in [0.25, 0.3) is 0 Å². The van der Waals surface area contributed by atoms with E-state index >= 15 is 0 Å². The molecule has 1 fully saturated rings. The van der Waals surface area contributed by atoms with E-state index in [1.165, 1.54) is 11.1 Å². The summed E-state index contributed by atoms with van der Waals surface area (Å²) in [6.45, 7) is 3.61. The number of rotatable bonds is 1. The highest BCUT2D eigenvalue weighted by Crippen LogP contribution is 2.62. The molecule has 0 radical (unpaired) electrons. The van der Waals surface area contributed by atoms with Gasteiger partial charge in [0, 0.05) is 17.4 Å². The second-order valence-electron chi connectivity index (χ2n) is 5.71. The second kappa shape index (κ2) is 3.25. The molecule has 2 heteroatoms. The largest absolute Gasteiger partial charge is 0.493 e. The van der Waals surface area contributed by atoms with E-state index < -0.39 is 0 Å². The van der Waals surface area contributed by atoms with Crippen molar-refractivity contribution < 1.29 is 9.53 Å². The molecule has 1 saturated carbocycles. The van der Waals surface area contributed by atoms with E-state index in [0.717, 1.165) is 17.8 Å². The summed E-state index contributed by atoms with van der Waals surface area (Å²) < 4.78 is 6.01. The molecule has 0 unspecified atom stereocenters. The highest BCUT2D eigenvalue weighted by molar-refractivity contribution is 5.95. The highest BCUT2D eigenvalue weighted by Gasteiger charge is 2.57. The maximum absolute atomic E-state index is 11.8. The minimum Gasteiger partial charge on any atom is -0.493 e. The van der Waals surface area contributed by atoms with Crippen molar-refractivity contribution in [2.75, 3.05) is 0 Å². The first-order valence-electron chi connectivity index (χ1n) is 6.65. The quantitative estimate of drug-likeness (QED) is 0.753. The van der Waals surface area contributed by atoms with Gasteiger partial charge in [-0.1, -0.05) is 24.3 Å². The molecule has 1 aromatic carbocycles. The lowest BCUT2D eigenvalue weighted by molar-refractivity contribution is -0.114. The Morgan fingerprint density at radius 3 is 2.56 bits per heavy atom. The normalized spacial score (nSPS) is 35.4. The molecule has 0 amide bonds. The average molecular weight is 240 g/mol. The maximum atomic E-state index is 11.8. The van der Waals surface area contributed by atoms with Crippen LogP contribution in [0.3, 0.4) is 0 Å².